The summed E-state index contributed by atoms with van der Waals surface area (Å²) < 4.78 is -1.47. The van der Waals surface area contributed by atoms with Crippen molar-refractivity contribution in [1.29, 1.82) is 0 Å². The van der Waals surface area contributed by atoms with Crippen LogP contribution in [0.15, 0.2) is 0 Å². The Labute approximate surface area is 141 Å². The van der Waals surface area contributed by atoms with Crippen LogP contribution in [0.3, 0.4) is 0 Å². The number of hydrogen-bond acceptors (Lipinski definition) is 1. The van der Waals surface area contributed by atoms with E-state index < -0.39 is 16.8 Å². The predicted molar refractivity (Wildman–Crippen MR) is 79.2 cm³/mol. The molecule has 0 rings (SSSR count). The lowest BCUT2D eigenvalue weighted by Crippen LogP contribution is -2.58. The van der Waals surface area contributed by atoms with Crippen molar-refractivity contribution in [3.05, 3.63) is 0 Å². The molecule has 98 valence electrons. The van der Waals surface area contributed by atoms with Gasteiger partial charge >= 0.3 is 0 Å². The van der Waals surface area contributed by atoms with Gasteiger partial charge in [0.2, 0.25) is 11.4 Å². The second kappa shape index (κ2) is 6.05. The van der Waals surface area contributed by atoms with Crippen molar-refractivity contribution in [1.82, 2.24) is 0 Å². The van der Waals surface area contributed by atoms with E-state index in [9.17, 15) is 0 Å². The van der Waals surface area contributed by atoms with Gasteiger partial charge in [0.25, 0.3) is 0 Å². The topological polar surface area (TPSA) is 9.23 Å². The first-order valence-electron chi connectivity index (χ1n) is 3.50. The minimum atomic E-state index is -2.14. The maximum Gasteiger partial charge on any atom is 0.206 e. The highest BCUT2D eigenvalue weighted by Crippen LogP contribution is 2.67. The summed E-state index contributed by atoms with van der Waals surface area (Å²) in [4.78, 5) is 0. The van der Waals surface area contributed by atoms with E-state index in [-0.39, 0.29) is 6.61 Å². The van der Waals surface area contributed by atoms with E-state index in [1.807, 2.05) is 0 Å². The molecule has 0 spiro atoms. The van der Waals surface area contributed by atoms with Crippen molar-refractivity contribution in [2.75, 3.05) is 6.61 Å². The first-order valence-corrected chi connectivity index (χ1v) is 7.72. The Kier molecular flexibility index (Phi) is 7.10. The van der Waals surface area contributed by atoms with E-state index in [1.165, 1.54) is 0 Å². The molecular formula is C5H5Cl9OSi. The van der Waals surface area contributed by atoms with Crippen LogP contribution in [-0.2, 0) is 4.43 Å². The molecule has 0 aromatic heterocycles. The van der Waals surface area contributed by atoms with Gasteiger partial charge < -0.3 is 4.43 Å². The van der Waals surface area contributed by atoms with Gasteiger partial charge in [-0.15, -0.1) is 0 Å². The average molecular weight is 428 g/mol. The van der Waals surface area contributed by atoms with Crippen LogP contribution in [0.4, 0.5) is 0 Å². The Morgan fingerprint density at radius 3 is 1.00 bits per heavy atom. The summed E-state index contributed by atoms with van der Waals surface area (Å²) in [6, 6.07) is 0. The van der Waals surface area contributed by atoms with E-state index in [0.29, 0.717) is 10.5 Å². The summed E-state index contributed by atoms with van der Waals surface area (Å²) in [7, 11) is 0.293. The first kappa shape index (κ1) is 18.8. The van der Waals surface area contributed by atoms with E-state index in [2.05, 4.69) is 0 Å². The molecule has 1 nitrogen and oxygen atoms in total. The molecule has 0 unspecified atom stereocenters. The molecule has 0 saturated carbocycles. The second-order valence-corrected chi connectivity index (χ2v) is 10.3. The second-order valence-electron chi connectivity index (χ2n) is 2.83. The monoisotopic (exact) mass is 424 g/mol. The van der Waals surface area contributed by atoms with Crippen LogP contribution >= 0.6 is 104 Å². The fourth-order valence-electron chi connectivity index (χ4n) is 0.944. The van der Waals surface area contributed by atoms with Crippen molar-refractivity contribution in [3.8, 4) is 0 Å². The van der Waals surface area contributed by atoms with E-state index >= 15 is 0 Å². The Bertz CT molecular complexity index is 202. The molecule has 0 fully saturated rings. The molecule has 11 heteroatoms. The third-order valence-corrected chi connectivity index (χ3v) is 5.00. The number of hydrogen-bond donors (Lipinski definition) is 0. The molecule has 0 N–H and O–H groups in total. The van der Waals surface area contributed by atoms with Crippen molar-refractivity contribution in [2.24, 2.45) is 5.41 Å². The molecule has 0 aromatic carbocycles. The molecule has 0 aliphatic heterocycles. The smallest absolute Gasteiger partial charge is 0.206 e. The van der Waals surface area contributed by atoms with Crippen LogP contribution < -0.4 is 0 Å². The molecule has 0 radical (unpaired) electrons. The molecule has 0 bridgehead atoms. The molecule has 0 aromatic rings. The maximum atomic E-state index is 5.76. The minimum Gasteiger partial charge on any atom is -0.427 e. The van der Waals surface area contributed by atoms with Crippen molar-refractivity contribution < 1.29 is 4.43 Å². The van der Waals surface area contributed by atoms with Gasteiger partial charge in [-0.2, -0.15) is 0 Å². The predicted octanol–water partition coefficient (Wildman–Crippen LogP) is 4.38. The normalized spacial score (nSPS) is 15.6. The quantitative estimate of drug-likeness (QED) is 0.469. The van der Waals surface area contributed by atoms with Crippen LogP contribution in [0.1, 0.15) is 0 Å². The molecule has 0 amide bonds. The zero-order valence-corrected chi connectivity index (χ0v) is 16.3. The van der Waals surface area contributed by atoms with Gasteiger partial charge in [0.15, 0.2) is 0 Å². The largest absolute Gasteiger partial charge is 0.427 e. The van der Waals surface area contributed by atoms with Gasteiger partial charge in [-0.05, 0) is 0 Å². The van der Waals surface area contributed by atoms with E-state index in [0.717, 1.165) is 0 Å². The summed E-state index contributed by atoms with van der Waals surface area (Å²) in [5.74, 6) is 0. The summed E-state index contributed by atoms with van der Waals surface area (Å²) in [6.45, 7) is -0.317. The zero-order valence-electron chi connectivity index (χ0n) is 7.52. The van der Waals surface area contributed by atoms with Crippen molar-refractivity contribution in [2.45, 2.75) is 11.4 Å². The highest BCUT2D eigenvalue weighted by Gasteiger charge is 2.70. The lowest BCUT2D eigenvalue weighted by Gasteiger charge is -2.48. The molecule has 0 aliphatic carbocycles. The van der Waals surface area contributed by atoms with Crippen molar-refractivity contribution in [3.63, 3.8) is 0 Å². The van der Waals surface area contributed by atoms with Crippen LogP contribution in [0.25, 0.3) is 0 Å². The third kappa shape index (κ3) is 3.66. The SMILES string of the molecule is [SiH3]OCC(C(Cl)(Cl)Cl)(C(Cl)(Cl)Cl)C(Cl)(Cl)Cl. The summed E-state index contributed by atoms with van der Waals surface area (Å²) in [5.41, 5.74) is -1.94. The summed E-state index contributed by atoms with van der Waals surface area (Å²) >= 11 is 51.9. The molecular weight excluding hydrogens is 423 g/mol. The van der Waals surface area contributed by atoms with Gasteiger partial charge in [0, 0.05) is 0 Å². The first-order chi connectivity index (χ1) is 6.81. The van der Waals surface area contributed by atoms with Gasteiger partial charge in [0.1, 0.15) is 15.9 Å². The molecule has 16 heavy (non-hydrogen) atoms. The van der Waals surface area contributed by atoms with Gasteiger partial charge in [-0.1, -0.05) is 104 Å². The van der Waals surface area contributed by atoms with Crippen LogP contribution in [-0.4, -0.2) is 28.5 Å². The van der Waals surface area contributed by atoms with E-state index in [1.54, 1.807) is 0 Å². The fourth-order valence-corrected chi connectivity index (χ4v) is 5.73. The standard InChI is InChI=1S/C5H5Cl9OSi/c6-3(7,8)2(1-15-16,4(9,10)11)5(12,13)14/h1H2,16H3. The number of halogens is 9. The third-order valence-electron chi connectivity index (χ3n) is 1.81. The van der Waals surface area contributed by atoms with Gasteiger partial charge in [-0.3, -0.25) is 0 Å². The van der Waals surface area contributed by atoms with Crippen LogP contribution in [0.5, 0.6) is 0 Å². The Hall–Kier alpha value is 2.79. The van der Waals surface area contributed by atoms with Crippen LogP contribution in [0.2, 0.25) is 0 Å². The molecule has 0 heterocycles. The highest BCUT2D eigenvalue weighted by molar-refractivity contribution is 6.77. The molecule has 0 saturated heterocycles. The number of alkyl halides is 9. The molecule has 0 aliphatic rings. The van der Waals surface area contributed by atoms with Crippen molar-refractivity contribution >= 4 is 115 Å². The lowest BCUT2D eigenvalue weighted by molar-refractivity contribution is 0.163. The number of rotatable bonds is 2. The van der Waals surface area contributed by atoms with Crippen LogP contribution in [0, 0.1) is 5.41 Å². The van der Waals surface area contributed by atoms with E-state index in [4.69, 9.17) is 109 Å². The minimum absolute atomic E-state index is 0.293. The zero-order chi connectivity index (χ0) is 13.4. The van der Waals surface area contributed by atoms with Gasteiger partial charge in [0.05, 0.1) is 6.61 Å². The fraction of sp³-hybridized carbons (Fsp3) is 1.00. The summed E-state index contributed by atoms with van der Waals surface area (Å²) in [5, 5.41) is 0. The Morgan fingerprint density at radius 2 is 0.938 bits per heavy atom. The average Bonchev–Trinajstić information content (AvgIpc) is 1.91. The Morgan fingerprint density at radius 1 is 0.688 bits per heavy atom. The van der Waals surface area contributed by atoms with Gasteiger partial charge in [-0.25, -0.2) is 0 Å². The Balaban J connectivity index is 5.82. The molecule has 0 atom stereocenters. The maximum absolute atomic E-state index is 5.76. The highest BCUT2D eigenvalue weighted by atomic mass is 35.6. The lowest BCUT2D eigenvalue weighted by atomic mass is 9.95. The summed E-state index contributed by atoms with van der Waals surface area (Å²) in [6.07, 6.45) is 0.